The highest BCUT2D eigenvalue weighted by molar-refractivity contribution is 5.68. The fourth-order valence-electron chi connectivity index (χ4n) is 1.50. The molecule has 14 heavy (non-hydrogen) atoms. The minimum atomic E-state index is -0.244. The smallest absolute Gasteiger partial charge is 0.410 e. The number of carbonyl (C=O) groups excluding carboxylic acids is 1. The van der Waals surface area contributed by atoms with Crippen LogP contribution in [0.2, 0.25) is 0 Å². The van der Waals surface area contributed by atoms with Gasteiger partial charge in [-0.1, -0.05) is 13.8 Å². The molecule has 0 aliphatic heterocycles. The van der Waals surface area contributed by atoms with Gasteiger partial charge in [0.2, 0.25) is 0 Å². The second-order valence-corrected chi connectivity index (χ2v) is 3.15. The van der Waals surface area contributed by atoms with Crippen molar-refractivity contribution >= 4 is 6.09 Å². The van der Waals surface area contributed by atoms with Crippen molar-refractivity contribution < 1.29 is 9.53 Å². The first-order valence-electron chi connectivity index (χ1n) is 5.34. The molecule has 0 rings (SSSR count). The van der Waals surface area contributed by atoms with Crippen molar-refractivity contribution in [2.45, 2.75) is 39.7 Å². The Bertz CT molecular complexity index is 158. The van der Waals surface area contributed by atoms with E-state index in [2.05, 4.69) is 13.8 Å². The van der Waals surface area contributed by atoms with Crippen molar-refractivity contribution in [2.75, 3.05) is 19.7 Å². The Morgan fingerprint density at radius 2 is 1.93 bits per heavy atom. The lowest BCUT2D eigenvalue weighted by molar-refractivity contribution is 0.0892. The Balaban J connectivity index is 4.31. The Labute approximate surface area is 86.4 Å². The maximum Gasteiger partial charge on any atom is 0.410 e. The van der Waals surface area contributed by atoms with Gasteiger partial charge in [-0.25, -0.2) is 4.79 Å². The number of nitrogens with zero attached hydrogens (tertiary/aromatic N) is 1. The number of rotatable bonds is 6. The molecule has 0 atom stereocenters. The normalized spacial score (nSPS) is 10.4. The minimum Gasteiger partial charge on any atom is -0.450 e. The highest BCUT2D eigenvalue weighted by atomic mass is 16.6. The van der Waals surface area contributed by atoms with Gasteiger partial charge in [-0.05, 0) is 19.8 Å². The number of nitrogens with two attached hydrogens (primary N) is 1. The van der Waals surface area contributed by atoms with Crippen LogP contribution >= 0.6 is 0 Å². The summed E-state index contributed by atoms with van der Waals surface area (Å²) in [6.07, 6.45) is 1.64. The Morgan fingerprint density at radius 1 is 1.36 bits per heavy atom. The third kappa shape index (κ3) is 3.96. The van der Waals surface area contributed by atoms with Gasteiger partial charge in [0.1, 0.15) is 0 Å². The molecule has 0 bridgehead atoms. The summed E-state index contributed by atoms with van der Waals surface area (Å²) in [7, 11) is 0. The van der Waals surface area contributed by atoms with Crippen LogP contribution in [-0.2, 0) is 4.74 Å². The molecule has 4 heteroatoms. The molecule has 0 spiro atoms. The predicted molar refractivity (Wildman–Crippen MR) is 57.2 cm³/mol. The molecule has 0 radical (unpaired) electrons. The van der Waals surface area contributed by atoms with Crippen molar-refractivity contribution in [3.05, 3.63) is 0 Å². The quantitative estimate of drug-likeness (QED) is 0.711. The van der Waals surface area contributed by atoms with Crippen LogP contribution in [0.15, 0.2) is 0 Å². The largest absolute Gasteiger partial charge is 0.450 e. The van der Waals surface area contributed by atoms with Crippen LogP contribution in [0.3, 0.4) is 0 Å². The van der Waals surface area contributed by atoms with Gasteiger partial charge in [0, 0.05) is 19.1 Å². The Kier molecular flexibility index (Phi) is 7.20. The predicted octanol–water partition coefficient (Wildman–Crippen LogP) is 1.59. The molecular weight excluding hydrogens is 180 g/mol. The van der Waals surface area contributed by atoms with E-state index in [0.717, 1.165) is 12.8 Å². The molecule has 0 aromatic carbocycles. The van der Waals surface area contributed by atoms with E-state index in [1.807, 2.05) is 6.92 Å². The molecule has 0 aliphatic carbocycles. The highest BCUT2D eigenvalue weighted by Gasteiger charge is 2.20. The van der Waals surface area contributed by atoms with E-state index in [4.69, 9.17) is 10.5 Å². The van der Waals surface area contributed by atoms with Gasteiger partial charge in [-0.2, -0.15) is 0 Å². The topological polar surface area (TPSA) is 55.6 Å². The molecule has 4 nitrogen and oxygen atoms in total. The number of carbonyl (C=O) groups is 1. The zero-order valence-electron chi connectivity index (χ0n) is 9.45. The molecule has 0 aliphatic rings. The van der Waals surface area contributed by atoms with Crippen molar-refractivity contribution in [3.8, 4) is 0 Å². The summed E-state index contributed by atoms with van der Waals surface area (Å²) in [5.41, 5.74) is 5.46. The minimum absolute atomic E-state index is 0.244. The molecular formula is C10H22N2O2. The lowest BCUT2D eigenvalue weighted by Gasteiger charge is -2.29. The fraction of sp³-hybridized carbons (Fsp3) is 0.900. The highest BCUT2D eigenvalue weighted by Crippen LogP contribution is 2.09. The number of hydrogen-bond acceptors (Lipinski definition) is 3. The molecule has 1 amide bonds. The molecule has 84 valence electrons. The van der Waals surface area contributed by atoms with Crippen LogP contribution in [0, 0.1) is 0 Å². The van der Waals surface area contributed by atoms with Gasteiger partial charge in [-0.3, -0.25) is 0 Å². The van der Waals surface area contributed by atoms with Gasteiger partial charge in [0.25, 0.3) is 0 Å². The molecule has 0 saturated heterocycles. The van der Waals surface area contributed by atoms with Gasteiger partial charge in [0.05, 0.1) is 6.61 Å². The number of hydrogen-bond donors (Lipinski definition) is 1. The second kappa shape index (κ2) is 7.62. The summed E-state index contributed by atoms with van der Waals surface area (Å²) in [6.45, 7) is 7.42. The van der Waals surface area contributed by atoms with Gasteiger partial charge < -0.3 is 15.4 Å². The summed E-state index contributed by atoms with van der Waals surface area (Å²) in [5.74, 6) is 0. The van der Waals surface area contributed by atoms with E-state index in [1.54, 1.807) is 4.90 Å². The van der Waals surface area contributed by atoms with Crippen molar-refractivity contribution in [2.24, 2.45) is 5.73 Å². The van der Waals surface area contributed by atoms with Crippen LogP contribution < -0.4 is 5.73 Å². The number of amides is 1. The van der Waals surface area contributed by atoms with E-state index >= 15 is 0 Å². The zero-order valence-corrected chi connectivity index (χ0v) is 9.45. The molecule has 0 aromatic rings. The molecule has 0 heterocycles. The summed E-state index contributed by atoms with van der Waals surface area (Å²) in [4.78, 5) is 13.3. The molecule has 2 N–H and O–H groups in total. The summed E-state index contributed by atoms with van der Waals surface area (Å²) >= 11 is 0. The molecule has 0 fully saturated rings. The summed E-state index contributed by atoms with van der Waals surface area (Å²) < 4.78 is 4.97. The van der Waals surface area contributed by atoms with Crippen LogP contribution in [0.4, 0.5) is 4.79 Å². The third-order valence-electron chi connectivity index (χ3n) is 2.26. The van der Waals surface area contributed by atoms with E-state index in [0.29, 0.717) is 19.7 Å². The molecule has 0 saturated carbocycles. The van der Waals surface area contributed by atoms with Crippen molar-refractivity contribution in [1.82, 2.24) is 4.90 Å². The first-order chi connectivity index (χ1) is 6.71. The Morgan fingerprint density at radius 3 is 2.29 bits per heavy atom. The SMILES string of the molecule is CCOC(=O)N(CCN)C(CC)CC. The zero-order chi connectivity index (χ0) is 11.0. The van der Waals surface area contributed by atoms with Crippen LogP contribution in [-0.4, -0.2) is 36.7 Å². The third-order valence-corrected chi connectivity index (χ3v) is 2.26. The Hall–Kier alpha value is -0.770. The van der Waals surface area contributed by atoms with Gasteiger partial charge in [0.15, 0.2) is 0 Å². The maximum absolute atomic E-state index is 11.5. The van der Waals surface area contributed by atoms with E-state index in [9.17, 15) is 4.79 Å². The van der Waals surface area contributed by atoms with Crippen molar-refractivity contribution in [1.29, 1.82) is 0 Å². The van der Waals surface area contributed by atoms with E-state index < -0.39 is 0 Å². The fourth-order valence-corrected chi connectivity index (χ4v) is 1.50. The van der Waals surface area contributed by atoms with Crippen LogP contribution in [0.25, 0.3) is 0 Å². The van der Waals surface area contributed by atoms with E-state index in [1.165, 1.54) is 0 Å². The monoisotopic (exact) mass is 202 g/mol. The van der Waals surface area contributed by atoms with Gasteiger partial charge >= 0.3 is 6.09 Å². The van der Waals surface area contributed by atoms with Crippen molar-refractivity contribution in [3.63, 3.8) is 0 Å². The number of ether oxygens (including phenoxy) is 1. The summed E-state index contributed by atoms with van der Waals surface area (Å²) in [5, 5.41) is 0. The average molecular weight is 202 g/mol. The van der Waals surface area contributed by atoms with Crippen LogP contribution in [0.5, 0.6) is 0 Å². The lowest BCUT2D eigenvalue weighted by atomic mass is 10.1. The molecule has 0 aromatic heterocycles. The second-order valence-electron chi connectivity index (χ2n) is 3.15. The molecule has 0 unspecified atom stereocenters. The summed E-state index contributed by atoms with van der Waals surface area (Å²) in [6, 6.07) is 0.248. The first-order valence-corrected chi connectivity index (χ1v) is 5.34. The van der Waals surface area contributed by atoms with E-state index in [-0.39, 0.29) is 12.1 Å². The maximum atomic E-state index is 11.5. The lowest BCUT2D eigenvalue weighted by Crippen LogP contribution is -2.43. The van der Waals surface area contributed by atoms with Crippen LogP contribution in [0.1, 0.15) is 33.6 Å². The first kappa shape index (κ1) is 13.2. The average Bonchev–Trinajstić information content (AvgIpc) is 2.18. The standard InChI is InChI=1S/C10H22N2O2/c1-4-9(5-2)12(8-7-11)10(13)14-6-3/h9H,4-8,11H2,1-3H3. The van der Waals surface area contributed by atoms with Gasteiger partial charge in [-0.15, -0.1) is 0 Å².